The molecule has 1 rings (SSSR count). The van der Waals surface area contributed by atoms with Crippen LogP contribution in [0.5, 0.6) is 0 Å². The van der Waals surface area contributed by atoms with Crippen molar-refractivity contribution in [3.05, 3.63) is 48.1 Å². The predicted molar refractivity (Wildman–Crippen MR) is 116 cm³/mol. The van der Waals surface area contributed by atoms with Crippen LogP contribution in [0.4, 0.5) is 0 Å². The van der Waals surface area contributed by atoms with Crippen molar-refractivity contribution in [1.29, 1.82) is 0 Å². The molecule has 0 fully saturated rings. The number of carboxylic acids is 1. The highest BCUT2D eigenvalue weighted by Crippen LogP contribution is 2.34. The minimum atomic E-state index is -1.19. The Morgan fingerprint density at radius 1 is 1.16 bits per heavy atom. The third-order valence-electron chi connectivity index (χ3n) is 4.66. The Morgan fingerprint density at radius 3 is 2.52 bits per heavy atom. The molecule has 0 spiro atoms. The van der Waals surface area contributed by atoms with E-state index in [1.807, 2.05) is 12.2 Å². The summed E-state index contributed by atoms with van der Waals surface area (Å²) in [6.45, 7) is 4.66. The van der Waals surface area contributed by atoms with Crippen LogP contribution in [-0.4, -0.2) is 40.5 Å². The van der Waals surface area contributed by atoms with Crippen LogP contribution in [0, 0.1) is 0 Å². The van der Waals surface area contributed by atoms with E-state index in [0.29, 0.717) is 6.42 Å². The third-order valence-corrected chi connectivity index (χ3v) is 4.66. The van der Waals surface area contributed by atoms with Gasteiger partial charge in [0.25, 0.3) is 0 Å². The lowest BCUT2D eigenvalue weighted by molar-refractivity contribution is -0.149. The SMILES string of the molecule is CCCCCC=CCC1(OC(C)=O)C=CC(=O)C1=CC=CC(CCC(=O)O)OC(C)=O. The number of allylic oxidation sites excluding steroid dienone is 4. The van der Waals surface area contributed by atoms with Crippen LogP contribution >= 0.6 is 0 Å². The molecule has 0 saturated carbocycles. The van der Waals surface area contributed by atoms with Crippen LogP contribution in [0.1, 0.15) is 65.7 Å². The van der Waals surface area contributed by atoms with Crippen molar-refractivity contribution in [3.63, 3.8) is 0 Å². The zero-order valence-electron chi connectivity index (χ0n) is 18.5. The van der Waals surface area contributed by atoms with Crippen molar-refractivity contribution < 1.29 is 33.8 Å². The summed E-state index contributed by atoms with van der Waals surface area (Å²) in [5.41, 5.74) is -0.899. The summed E-state index contributed by atoms with van der Waals surface area (Å²) < 4.78 is 10.7. The molecule has 31 heavy (non-hydrogen) atoms. The third kappa shape index (κ3) is 9.59. The maximum Gasteiger partial charge on any atom is 0.303 e. The first-order valence-electron chi connectivity index (χ1n) is 10.6. The maximum absolute atomic E-state index is 12.4. The van der Waals surface area contributed by atoms with Crippen LogP contribution in [0.2, 0.25) is 0 Å². The van der Waals surface area contributed by atoms with Gasteiger partial charge in [0.1, 0.15) is 6.10 Å². The van der Waals surface area contributed by atoms with E-state index in [-0.39, 0.29) is 24.2 Å². The molecule has 2 atom stereocenters. The first kappa shape index (κ1) is 26.1. The Balaban J connectivity index is 3.03. The number of ether oxygens (including phenoxy) is 2. The van der Waals surface area contributed by atoms with E-state index < -0.39 is 29.6 Å². The number of ketones is 1. The predicted octanol–water partition coefficient (Wildman–Crippen LogP) is 4.23. The largest absolute Gasteiger partial charge is 0.481 e. The smallest absolute Gasteiger partial charge is 0.303 e. The number of hydrogen-bond acceptors (Lipinski definition) is 6. The number of carbonyl (C=O) groups excluding carboxylic acids is 3. The molecule has 2 unspecified atom stereocenters. The monoisotopic (exact) mass is 432 g/mol. The van der Waals surface area contributed by atoms with Crippen LogP contribution in [-0.2, 0) is 28.7 Å². The number of aliphatic carboxylic acids is 1. The summed E-state index contributed by atoms with van der Waals surface area (Å²) in [7, 11) is 0. The number of carbonyl (C=O) groups is 4. The van der Waals surface area contributed by atoms with Crippen molar-refractivity contribution in [2.75, 3.05) is 0 Å². The highest BCUT2D eigenvalue weighted by atomic mass is 16.6. The van der Waals surface area contributed by atoms with Gasteiger partial charge in [0, 0.05) is 32.3 Å². The van der Waals surface area contributed by atoms with Gasteiger partial charge in [0.05, 0.1) is 0 Å². The number of hydrogen-bond donors (Lipinski definition) is 1. The molecule has 0 aromatic rings. The van der Waals surface area contributed by atoms with Crippen molar-refractivity contribution in [2.45, 2.75) is 77.4 Å². The molecule has 1 N–H and O–H groups in total. The number of carboxylic acid groups (broad SMARTS) is 1. The van der Waals surface area contributed by atoms with E-state index in [9.17, 15) is 19.2 Å². The summed E-state index contributed by atoms with van der Waals surface area (Å²) in [5.74, 6) is -2.32. The van der Waals surface area contributed by atoms with Gasteiger partial charge in [0.2, 0.25) is 0 Å². The lowest BCUT2D eigenvalue weighted by Crippen LogP contribution is -2.33. The van der Waals surface area contributed by atoms with E-state index in [1.54, 1.807) is 6.08 Å². The summed E-state index contributed by atoms with van der Waals surface area (Å²) in [5, 5.41) is 8.85. The van der Waals surface area contributed by atoms with Crippen molar-refractivity contribution >= 4 is 23.7 Å². The molecule has 7 nitrogen and oxygen atoms in total. The number of esters is 2. The average molecular weight is 433 g/mol. The van der Waals surface area contributed by atoms with Crippen LogP contribution in [0.3, 0.4) is 0 Å². The molecule has 1 aliphatic carbocycles. The fourth-order valence-corrected chi connectivity index (χ4v) is 3.22. The normalized spacial score (nSPS) is 20.6. The number of rotatable bonds is 13. The minimum absolute atomic E-state index is 0.108. The Bertz CT molecular complexity index is 773. The Morgan fingerprint density at radius 2 is 1.90 bits per heavy atom. The molecular formula is C24H32O7. The van der Waals surface area contributed by atoms with Crippen molar-refractivity contribution in [2.24, 2.45) is 0 Å². The van der Waals surface area contributed by atoms with Gasteiger partial charge in [-0.2, -0.15) is 0 Å². The second-order valence-electron chi connectivity index (χ2n) is 7.40. The van der Waals surface area contributed by atoms with Crippen LogP contribution in [0.15, 0.2) is 48.1 Å². The first-order chi connectivity index (χ1) is 14.7. The van der Waals surface area contributed by atoms with Gasteiger partial charge in [-0.05, 0) is 37.5 Å². The summed E-state index contributed by atoms with van der Waals surface area (Å²) in [6.07, 6.45) is 15.2. The van der Waals surface area contributed by atoms with Gasteiger partial charge >= 0.3 is 17.9 Å². The summed E-state index contributed by atoms with van der Waals surface area (Å²) >= 11 is 0. The maximum atomic E-state index is 12.4. The lowest BCUT2D eigenvalue weighted by atomic mass is 9.91. The molecule has 0 aliphatic heterocycles. The van der Waals surface area contributed by atoms with Gasteiger partial charge in [-0.3, -0.25) is 19.2 Å². The standard InChI is InChI=1S/C24H32O7/c1-4-5-6-7-8-9-16-24(31-19(3)26)17-15-22(27)21(24)12-10-11-20(30-18(2)25)13-14-23(28)29/h8-12,15,17,20H,4-7,13-14,16H2,1-3H3,(H,28,29). The summed E-state index contributed by atoms with van der Waals surface area (Å²) in [6, 6.07) is 0. The molecule has 0 aromatic carbocycles. The molecule has 0 bridgehead atoms. The molecule has 1 aliphatic rings. The zero-order valence-corrected chi connectivity index (χ0v) is 18.5. The molecule has 0 amide bonds. The van der Waals surface area contributed by atoms with Gasteiger partial charge in [-0.15, -0.1) is 0 Å². The number of unbranched alkanes of at least 4 members (excludes halogenated alkanes) is 3. The average Bonchev–Trinajstić information content (AvgIpc) is 2.97. The van der Waals surface area contributed by atoms with Gasteiger partial charge in [-0.1, -0.05) is 44.1 Å². The summed E-state index contributed by atoms with van der Waals surface area (Å²) in [4.78, 5) is 46.2. The Labute approximate surface area is 183 Å². The zero-order chi connectivity index (χ0) is 23.3. The first-order valence-corrected chi connectivity index (χ1v) is 10.6. The molecule has 7 heteroatoms. The van der Waals surface area contributed by atoms with E-state index in [2.05, 4.69) is 6.92 Å². The molecule has 0 saturated heterocycles. The van der Waals surface area contributed by atoms with Gasteiger partial charge in [0.15, 0.2) is 11.4 Å². The molecule has 0 aromatic heterocycles. The quantitative estimate of drug-likeness (QED) is 0.201. The van der Waals surface area contributed by atoms with Crippen molar-refractivity contribution in [1.82, 2.24) is 0 Å². The van der Waals surface area contributed by atoms with Gasteiger partial charge in [-0.25, -0.2) is 0 Å². The van der Waals surface area contributed by atoms with E-state index >= 15 is 0 Å². The topological polar surface area (TPSA) is 107 Å². The molecule has 0 radical (unpaired) electrons. The molecule has 170 valence electrons. The lowest BCUT2D eigenvalue weighted by Gasteiger charge is -2.27. The Kier molecular flexibility index (Phi) is 11.2. The second kappa shape index (κ2) is 13.4. The second-order valence-corrected chi connectivity index (χ2v) is 7.40. The fraction of sp³-hybridized carbons (Fsp3) is 0.500. The highest BCUT2D eigenvalue weighted by Gasteiger charge is 2.41. The minimum Gasteiger partial charge on any atom is -0.481 e. The molecular weight excluding hydrogens is 400 g/mol. The molecule has 0 heterocycles. The van der Waals surface area contributed by atoms with Crippen molar-refractivity contribution in [3.8, 4) is 0 Å². The Hall–Kier alpha value is -2.96. The van der Waals surface area contributed by atoms with E-state index in [1.165, 1.54) is 38.2 Å². The van der Waals surface area contributed by atoms with E-state index in [0.717, 1.165) is 25.7 Å². The highest BCUT2D eigenvalue weighted by molar-refractivity contribution is 6.09. The van der Waals surface area contributed by atoms with E-state index in [4.69, 9.17) is 14.6 Å². The van der Waals surface area contributed by atoms with Crippen LogP contribution < -0.4 is 0 Å². The fourth-order valence-electron chi connectivity index (χ4n) is 3.22. The van der Waals surface area contributed by atoms with Gasteiger partial charge < -0.3 is 14.6 Å². The van der Waals surface area contributed by atoms with Crippen LogP contribution in [0.25, 0.3) is 0 Å².